The molecule has 0 aliphatic carbocycles. The smallest absolute Gasteiger partial charge is 0.0723 e. The van der Waals surface area contributed by atoms with Crippen LogP contribution in [0, 0.1) is 27.7 Å². The van der Waals surface area contributed by atoms with E-state index in [0.29, 0.717) is 0 Å². The summed E-state index contributed by atoms with van der Waals surface area (Å²) in [5.41, 5.74) is 10.7. The number of nitrogens with one attached hydrogen (secondary N) is 1. The van der Waals surface area contributed by atoms with Gasteiger partial charge >= 0.3 is 0 Å². The predicted octanol–water partition coefficient (Wildman–Crippen LogP) is 3.53. The molecule has 0 spiro atoms. The van der Waals surface area contributed by atoms with Crippen molar-refractivity contribution in [2.45, 2.75) is 33.7 Å². The molecule has 2 rings (SSSR count). The fourth-order valence-electron chi connectivity index (χ4n) is 2.31. The molecule has 0 saturated carbocycles. The number of rotatable bonds is 3. The summed E-state index contributed by atoms with van der Waals surface area (Å²) in [6.45, 7) is 8.57. The van der Waals surface area contributed by atoms with Crippen LogP contribution in [0.4, 0.5) is 0 Å². The van der Waals surface area contributed by atoms with Crippen molar-refractivity contribution < 1.29 is 0 Å². The highest BCUT2D eigenvalue weighted by molar-refractivity contribution is 7.08. The second kappa shape index (κ2) is 5.22. The summed E-state index contributed by atoms with van der Waals surface area (Å²) in [6.07, 6.45) is 0. The zero-order valence-electron chi connectivity index (χ0n) is 11.4. The van der Waals surface area contributed by atoms with Gasteiger partial charge in [-0.1, -0.05) is 12.1 Å². The van der Waals surface area contributed by atoms with Crippen molar-refractivity contribution in [2.75, 3.05) is 0 Å². The lowest BCUT2D eigenvalue weighted by atomic mass is 9.92. The molecule has 3 N–H and O–H groups in total. The third-order valence-corrected chi connectivity index (χ3v) is 4.45. The summed E-state index contributed by atoms with van der Waals surface area (Å²) in [4.78, 5) is 0. The highest BCUT2D eigenvalue weighted by atomic mass is 32.1. The van der Waals surface area contributed by atoms with Gasteiger partial charge in [0.2, 0.25) is 0 Å². The Morgan fingerprint density at radius 1 is 0.889 bits per heavy atom. The minimum atomic E-state index is 0.0792. The van der Waals surface area contributed by atoms with Crippen molar-refractivity contribution in [1.29, 1.82) is 0 Å². The van der Waals surface area contributed by atoms with Crippen molar-refractivity contribution in [1.82, 2.24) is 5.43 Å². The van der Waals surface area contributed by atoms with Crippen molar-refractivity contribution in [3.05, 3.63) is 56.3 Å². The maximum atomic E-state index is 5.78. The Hall–Kier alpha value is -1.16. The Labute approximate surface area is 113 Å². The molecule has 0 radical (unpaired) electrons. The molecule has 2 aromatic rings. The van der Waals surface area contributed by atoms with Crippen LogP contribution in [0.25, 0.3) is 0 Å². The summed E-state index contributed by atoms with van der Waals surface area (Å²) in [7, 11) is 0. The van der Waals surface area contributed by atoms with E-state index in [0.717, 1.165) is 0 Å². The van der Waals surface area contributed by atoms with E-state index in [1.165, 1.54) is 33.4 Å². The molecule has 3 heteroatoms. The highest BCUT2D eigenvalue weighted by Gasteiger charge is 2.17. The van der Waals surface area contributed by atoms with Crippen LogP contribution in [0.3, 0.4) is 0 Å². The van der Waals surface area contributed by atoms with Gasteiger partial charge < -0.3 is 0 Å². The van der Waals surface area contributed by atoms with Gasteiger partial charge in [0.25, 0.3) is 0 Å². The van der Waals surface area contributed by atoms with Gasteiger partial charge in [0, 0.05) is 0 Å². The van der Waals surface area contributed by atoms with Crippen molar-refractivity contribution in [2.24, 2.45) is 5.84 Å². The Morgan fingerprint density at radius 2 is 1.56 bits per heavy atom. The van der Waals surface area contributed by atoms with Crippen molar-refractivity contribution in [3.63, 3.8) is 0 Å². The molecule has 96 valence electrons. The number of benzene rings is 1. The second-order valence-electron chi connectivity index (χ2n) is 4.90. The maximum Gasteiger partial charge on any atom is 0.0723 e. The molecule has 0 bridgehead atoms. The fourth-order valence-corrected chi connectivity index (χ4v) is 3.18. The quantitative estimate of drug-likeness (QED) is 0.654. The SMILES string of the molecule is Cc1cc(C)c(C(NN)c2cscc2C)cc1C. The van der Waals surface area contributed by atoms with Crippen LogP contribution >= 0.6 is 11.3 Å². The zero-order chi connectivity index (χ0) is 13.3. The predicted molar refractivity (Wildman–Crippen MR) is 78.9 cm³/mol. The number of aryl methyl sites for hydroxylation is 4. The lowest BCUT2D eigenvalue weighted by Crippen LogP contribution is -2.29. The van der Waals surface area contributed by atoms with E-state index in [-0.39, 0.29) is 6.04 Å². The molecule has 0 aliphatic heterocycles. The second-order valence-corrected chi connectivity index (χ2v) is 5.65. The van der Waals surface area contributed by atoms with Crippen molar-refractivity contribution >= 4 is 11.3 Å². The summed E-state index contributed by atoms with van der Waals surface area (Å²) in [6, 6.07) is 4.55. The summed E-state index contributed by atoms with van der Waals surface area (Å²) >= 11 is 1.72. The van der Waals surface area contributed by atoms with E-state index in [1.807, 2.05) is 0 Å². The minimum Gasteiger partial charge on any atom is -0.271 e. The minimum absolute atomic E-state index is 0.0792. The monoisotopic (exact) mass is 260 g/mol. The Morgan fingerprint density at radius 3 is 2.11 bits per heavy atom. The number of nitrogens with two attached hydrogens (primary N) is 1. The summed E-state index contributed by atoms with van der Waals surface area (Å²) in [5, 5.41) is 4.34. The molecule has 0 amide bonds. The first-order valence-electron chi connectivity index (χ1n) is 6.11. The van der Waals surface area contributed by atoms with E-state index in [9.17, 15) is 0 Å². The zero-order valence-corrected chi connectivity index (χ0v) is 12.2. The standard InChI is InChI=1S/C15H20N2S/c1-9-5-11(3)13(6-10(9)2)15(17-16)14-8-18-7-12(14)4/h5-8,15,17H,16H2,1-4H3. The number of hydrogen-bond acceptors (Lipinski definition) is 3. The molecule has 0 saturated heterocycles. The van der Waals surface area contributed by atoms with Crippen LogP contribution in [-0.2, 0) is 0 Å². The Balaban J connectivity index is 2.52. The molecular formula is C15H20N2S. The lowest BCUT2D eigenvalue weighted by molar-refractivity contribution is 0.632. The molecule has 1 aromatic heterocycles. The van der Waals surface area contributed by atoms with Crippen LogP contribution < -0.4 is 11.3 Å². The van der Waals surface area contributed by atoms with Gasteiger partial charge in [-0.3, -0.25) is 5.84 Å². The molecule has 0 aliphatic rings. The molecule has 1 unspecified atom stereocenters. The topological polar surface area (TPSA) is 38.0 Å². The van der Waals surface area contributed by atoms with Gasteiger partial charge in [0.15, 0.2) is 0 Å². The Bertz CT molecular complexity index is 558. The molecular weight excluding hydrogens is 240 g/mol. The number of hydrogen-bond donors (Lipinski definition) is 2. The molecule has 18 heavy (non-hydrogen) atoms. The number of hydrazine groups is 1. The largest absolute Gasteiger partial charge is 0.271 e. The Kier molecular flexibility index (Phi) is 3.85. The van der Waals surface area contributed by atoms with Gasteiger partial charge in [-0.2, -0.15) is 11.3 Å². The van der Waals surface area contributed by atoms with E-state index < -0.39 is 0 Å². The van der Waals surface area contributed by atoms with Crippen LogP contribution in [-0.4, -0.2) is 0 Å². The first-order valence-corrected chi connectivity index (χ1v) is 7.05. The first kappa shape index (κ1) is 13.3. The molecule has 1 heterocycles. The normalized spacial score (nSPS) is 12.7. The van der Waals surface area contributed by atoms with Gasteiger partial charge in [-0.05, 0) is 71.8 Å². The van der Waals surface area contributed by atoms with Crippen LogP contribution in [0.1, 0.15) is 39.4 Å². The molecule has 1 aromatic carbocycles. The molecule has 1 atom stereocenters. The van der Waals surface area contributed by atoms with E-state index >= 15 is 0 Å². The summed E-state index contributed by atoms with van der Waals surface area (Å²) < 4.78 is 0. The third-order valence-electron chi connectivity index (χ3n) is 3.57. The van der Waals surface area contributed by atoms with Gasteiger partial charge in [-0.25, -0.2) is 5.43 Å². The van der Waals surface area contributed by atoms with E-state index in [2.05, 4.69) is 56.0 Å². The molecule has 2 nitrogen and oxygen atoms in total. The van der Waals surface area contributed by atoms with Crippen LogP contribution in [0.5, 0.6) is 0 Å². The lowest BCUT2D eigenvalue weighted by Gasteiger charge is -2.20. The van der Waals surface area contributed by atoms with E-state index in [1.54, 1.807) is 11.3 Å². The average Bonchev–Trinajstić information content (AvgIpc) is 2.73. The van der Waals surface area contributed by atoms with Crippen LogP contribution in [0.15, 0.2) is 22.9 Å². The van der Waals surface area contributed by atoms with Gasteiger partial charge in [0.1, 0.15) is 0 Å². The van der Waals surface area contributed by atoms with Crippen LogP contribution in [0.2, 0.25) is 0 Å². The number of thiophene rings is 1. The molecule has 0 fully saturated rings. The maximum absolute atomic E-state index is 5.78. The third kappa shape index (κ3) is 2.34. The van der Waals surface area contributed by atoms with Crippen molar-refractivity contribution in [3.8, 4) is 0 Å². The van der Waals surface area contributed by atoms with Gasteiger partial charge in [0.05, 0.1) is 6.04 Å². The first-order chi connectivity index (χ1) is 8.54. The average molecular weight is 260 g/mol. The van der Waals surface area contributed by atoms with E-state index in [4.69, 9.17) is 5.84 Å². The van der Waals surface area contributed by atoms with Gasteiger partial charge in [-0.15, -0.1) is 0 Å². The highest BCUT2D eigenvalue weighted by Crippen LogP contribution is 2.30. The fraction of sp³-hybridized carbons (Fsp3) is 0.333. The summed E-state index contributed by atoms with van der Waals surface area (Å²) in [5.74, 6) is 5.78.